The van der Waals surface area contributed by atoms with Crippen LogP contribution in [0, 0.1) is 6.92 Å². The molecule has 0 aliphatic carbocycles. The van der Waals surface area contributed by atoms with Crippen molar-refractivity contribution in [3.05, 3.63) is 29.2 Å². The van der Waals surface area contributed by atoms with Crippen LogP contribution >= 0.6 is 11.6 Å². The quantitative estimate of drug-likeness (QED) is 0.763. The molecule has 0 aromatic carbocycles. The first kappa shape index (κ1) is 9.34. The molecule has 0 aliphatic rings. The Morgan fingerprint density at radius 3 is 2.86 bits per heavy atom. The predicted molar refractivity (Wildman–Crippen MR) is 55.4 cm³/mol. The number of nitrogens with zero attached hydrogens (tertiary/aromatic N) is 2. The molecule has 0 bridgehead atoms. The van der Waals surface area contributed by atoms with Gasteiger partial charge < -0.3 is 8.98 Å². The van der Waals surface area contributed by atoms with Crippen LogP contribution in [0.5, 0.6) is 0 Å². The fourth-order valence-electron chi connectivity index (χ4n) is 1.41. The van der Waals surface area contributed by atoms with E-state index in [1.807, 2.05) is 30.5 Å². The van der Waals surface area contributed by atoms with Gasteiger partial charge in [-0.1, -0.05) is 11.6 Å². The fourth-order valence-corrected chi connectivity index (χ4v) is 1.66. The molecule has 4 heteroatoms. The van der Waals surface area contributed by atoms with E-state index in [2.05, 4.69) is 4.98 Å². The average molecular weight is 211 g/mol. The number of halogens is 1. The number of imidazole rings is 1. The highest BCUT2D eigenvalue weighted by molar-refractivity contribution is 6.29. The van der Waals surface area contributed by atoms with Crippen molar-refractivity contribution in [1.82, 2.24) is 9.55 Å². The minimum atomic E-state index is 0.636. The van der Waals surface area contributed by atoms with Crippen molar-refractivity contribution in [2.75, 3.05) is 0 Å². The fraction of sp³-hybridized carbons (Fsp3) is 0.300. The van der Waals surface area contributed by atoms with E-state index in [4.69, 9.17) is 16.0 Å². The van der Waals surface area contributed by atoms with Crippen LogP contribution in [-0.2, 0) is 6.54 Å². The van der Waals surface area contributed by atoms with Crippen molar-refractivity contribution in [2.45, 2.75) is 20.4 Å². The van der Waals surface area contributed by atoms with Gasteiger partial charge in [-0.05, 0) is 26.0 Å². The zero-order valence-corrected chi connectivity index (χ0v) is 8.88. The molecule has 14 heavy (non-hydrogen) atoms. The van der Waals surface area contributed by atoms with Crippen LogP contribution in [0.25, 0.3) is 11.6 Å². The van der Waals surface area contributed by atoms with E-state index in [-0.39, 0.29) is 0 Å². The molecule has 74 valence electrons. The normalized spacial score (nSPS) is 10.8. The predicted octanol–water partition coefficient (Wildman–Crippen LogP) is 3.12. The maximum absolute atomic E-state index is 5.96. The van der Waals surface area contributed by atoms with E-state index < -0.39 is 0 Å². The van der Waals surface area contributed by atoms with Crippen molar-refractivity contribution < 1.29 is 4.42 Å². The molecule has 2 rings (SSSR count). The van der Waals surface area contributed by atoms with Crippen molar-refractivity contribution in [3.8, 4) is 11.6 Å². The zero-order chi connectivity index (χ0) is 10.1. The molecule has 0 N–H and O–H groups in total. The Kier molecular flexibility index (Phi) is 2.33. The molecule has 0 aliphatic heterocycles. The van der Waals surface area contributed by atoms with Gasteiger partial charge in [-0.2, -0.15) is 0 Å². The summed E-state index contributed by atoms with van der Waals surface area (Å²) in [5, 5.41) is 0.636. The van der Waals surface area contributed by atoms with Gasteiger partial charge in [0.1, 0.15) is 10.9 Å². The van der Waals surface area contributed by atoms with E-state index in [0.717, 1.165) is 23.9 Å². The Bertz CT molecular complexity index is 445. The van der Waals surface area contributed by atoms with Gasteiger partial charge in [0.2, 0.25) is 0 Å². The first-order chi connectivity index (χ1) is 6.72. The molecule has 2 aromatic rings. The van der Waals surface area contributed by atoms with Crippen LogP contribution in [0.3, 0.4) is 0 Å². The van der Waals surface area contributed by atoms with E-state index in [1.165, 1.54) is 0 Å². The second kappa shape index (κ2) is 3.50. The number of rotatable bonds is 2. The molecule has 0 amide bonds. The number of aryl methyl sites for hydroxylation is 1. The minimum Gasteiger partial charge on any atom is -0.458 e. The van der Waals surface area contributed by atoms with Gasteiger partial charge in [0.15, 0.2) is 11.6 Å². The van der Waals surface area contributed by atoms with Gasteiger partial charge in [0.25, 0.3) is 0 Å². The molecule has 0 fully saturated rings. The highest BCUT2D eigenvalue weighted by Gasteiger charge is 2.11. The van der Waals surface area contributed by atoms with E-state index in [1.54, 1.807) is 6.20 Å². The average Bonchev–Trinajstić information content (AvgIpc) is 2.71. The smallest absolute Gasteiger partial charge is 0.177 e. The number of furan rings is 1. The number of aromatic nitrogens is 2. The van der Waals surface area contributed by atoms with Gasteiger partial charge in [-0.3, -0.25) is 0 Å². The summed E-state index contributed by atoms with van der Waals surface area (Å²) >= 11 is 5.96. The third-order valence-corrected chi connectivity index (χ3v) is 2.39. The molecular formula is C10H11ClN2O. The van der Waals surface area contributed by atoms with Crippen LogP contribution in [0.4, 0.5) is 0 Å². The van der Waals surface area contributed by atoms with Crippen LogP contribution in [0.15, 0.2) is 22.7 Å². The largest absolute Gasteiger partial charge is 0.458 e. The molecule has 0 radical (unpaired) electrons. The maximum Gasteiger partial charge on any atom is 0.177 e. The molecule has 0 saturated carbocycles. The second-order valence-corrected chi connectivity index (χ2v) is 3.45. The summed E-state index contributed by atoms with van der Waals surface area (Å²) in [5.41, 5.74) is 0. The molecule has 2 aromatic heterocycles. The lowest BCUT2D eigenvalue weighted by molar-refractivity contribution is 0.539. The van der Waals surface area contributed by atoms with Crippen LogP contribution in [0.1, 0.15) is 12.7 Å². The highest BCUT2D eigenvalue weighted by Crippen LogP contribution is 2.23. The molecule has 0 saturated heterocycles. The Balaban J connectivity index is 2.51. The number of hydrogen-bond donors (Lipinski definition) is 0. The Labute approximate surface area is 87.3 Å². The Morgan fingerprint density at radius 2 is 2.29 bits per heavy atom. The van der Waals surface area contributed by atoms with Crippen molar-refractivity contribution in [1.29, 1.82) is 0 Å². The Hall–Kier alpha value is -1.22. The molecule has 0 unspecified atom stereocenters. The highest BCUT2D eigenvalue weighted by atomic mass is 35.5. The topological polar surface area (TPSA) is 31.0 Å². The summed E-state index contributed by atoms with van der Waals surface area (Å²) in [4.78, 5) is 4.21. The summed E-state index contributed by atoms with van der Waals surface area (Å²) in [7, 11) is 0. The Morgan fingerprint density at radius 1 is 1.50 bits per heavy atom. The van der Waals surface area contributed by atoms with E-state index in [9.17, 15) is 0 Å². The van der Waals surface area contributed by atoms with Gasteiger partial charge >= 0.3 is 0 Å². The lowest BCUT2D eigenvalue weighted by atomic mass is 10.4. The minimum absolute atomic E-state index is 0.636. The third-order valence-electron chi connectivity index (χ3n) is 2.08. The first-order valence-electron chi connectivity index (χ1n) is 4.50. The molecular weight excluding hydrogens is 200 g/mol. The summed E-state index contributed by atoms with van der Waals surface area (Å²) in [5.74, 6) is 2.42. The van der Waals surface area contributed by atoms with Gasteiger partial charge in [0, 0.05) is 6.54 Å². The van der Waals surface area contributed by atoms with Crippen molar-refractivity contribution in [3.63, 3.8) is 0 Å². The van der Waals surface area contributed by atoms with Crippen LogP contribution in [-0.4, -0.2) is 9.55 Å². The van der Waals surface area contributed by atoms with Crippen molar-refractivity contribution in [2.24, 2.45) is 0 Å². The molecule has 0 spiro atoms. The van der Waals surface area contributed by atoms with Crippen LogP contribution < -0.4 is 0 Å². The summed E-state index contributed by atoms with van der Waals surface area (Å²) in [6.07, 6.45) is 1.64. The monoisotopic (exact) mass is 210 g/mol. The standard InChI is InChI=1S/C10H11ClN2O/c1-3-13-9(11)6-12-10(13)8-5-4-7(2)14-8/h4-6H,3H2,1-2H3. The maximum atomic E-state index is 5.96. The zero-order valence-electron chi connectivity index (χ0n) is 8.12. The second-order valence-electron chi connectivity index (χ2n) is 3.06. The summed E-state index contributed by atoms with van der Waals surface area (Å²) in [6, 6.07) is 3.82. The lowest BCUT2D eigenvalue weighted by Crippen LogP contribution is -1.96. The molecule has 0 atom stereocenters. The first-order valence-corrected chi connectivity index (χ1v) is 4.88. The van der Waals surface area contributed by atoms with E-state index >= 15 is 0 Å². The molecule has 3 nitrogen and oxygen atoms in total. The van der Waals surface area contributed by atoms with Crippen molar-refractivity contribution >= 4 is 11.6 Å². The lowest BCUT2D eigenvalue weighted by Gasteiger charge is -2.02. The number of hydrogen-bond acceptors (Lipinski definition) is 2. The van der Waals surface area contributed by atoms with Crippen LogP contribution in [0.2, 0.25) is 5.15 Å². The summed E-state index contributed by atoms with van der Waals surface area (Å²) in [6.45, 7) is 4.71. The van der Waals surface area contributed by atoms with E-state index in [0.29, 0.717) is 5.15 Å². The van der Waals surface area contributed by atoms with Gasteiger partial charge in [-0.15, -0.1) is 0 Å². The molecule has 2 heterocycles. The van der Waals surface area contributed by atoms with Gasteiger partial charge in [-0.25, -0.2) is 4.98 Å². The SMILES string of the molecule is CCn1c(Cl)cnc1-c1ccc(C)o1. The third kappa shape index (κ3) is 1.44. The summed E-state index contributed by atoms with van der Waals surface area (Å²) < 4.78 is 7.39. The van der Waals surface area contributed by atoms with Gasteiger partial charge in [0.05, 0.1) is 6.20 Å².